The lowest BCUT2D eigenvalue weighted by molar-refractivity contribution is 0.209. The van der Waals surface area contributed by atoms with Crippen molar-refractivity contribution in [2.45, 2.75) is 38.8 Å². The van der Waals surface area contributed by atoms with Crippen molar-refractivity contribution in [3.8, 4) is 0 Å². The molecule has 1 atom stereocenters. The second-order valence-corrected chi connectivity index (χ2v) is 5.17. The third kappa shape index (κ3) is 4.13. The van der Waals surface area contributed by atoms with Gasteiger partial charge >= 0.3 is 0 Å². The number of nitrogens with zero attached hydrogens (tertiary/aromatic N) is 3. The van der Waals surface area contributed by atoms with Crippen LogP contribution in [0.1, 0.15) is 31.7 Å². The fourth-order valence-electron chi connectivity index (χ4n) is 2.45. The largest absolute Gasteiger partial charge is 0.309 e. The van der Waals surface area contributed by atoms with E-state index in [2.05, 4.69) is 28.4 Å². The van der Waals surface area contributed by atoms with Gasteiger partial charge in [-0.1, -0.05) is 6.42 Å². The van der Waals surface area contributed by atoms with Gasteiger partial charge in [0.25, 0.3) is 0 Å². The third-order valence-corrected chi connectivity index (χ3v) is 3.39. The fraction of sp³-hybridized carbons (Fsp3) is 0.769. The van der Waals surface area contributed by atoms with Crippen LogP contribution in [0.5, 0.6) is 0 Å². The highest BCUT2D eigenvalue weighted by atomic mass is 15.2. The van der Waals surface area contributed by atoms with Gasteiger partial charge in [0, 0.05) is 37.9 Å². The molecule has 0 radical (unpaired) electrons. The molecule has 2 rings (SSSR count). The van der Waals surface area contributed by atoms with E-state index < -0.39 is 0 Å². The van der Waals surface area contributed by atoms with E-state index in [-0.39, 0.29) is 0 Å². The maximum absolute atomic E-state index is 4.18. The molecule has 2 heterocycles. The smallest absolute Gasteiger partial charge is 0.0534 e. The molecule has 1 saturated heterocycles. The van der Waals surface area contributed by atoms with E-state index in [1.165, 1.54) is 44.5 Å². The second kappa shape index (κ2) is 6.17. The van der Waals surface area contributed by atoms with Gasteiger partial charge < -0.3 is 10.2 Å². The van der Waals surface area contributed by atoms with Crippen LogP contribution in [-0.4, -0.2) is 40.4 Å². The van der Waals surface area contributed by atoms with Crippen LogP contribution in [0, 0.1) is 0 Å². The van der Waals surface area contributed by atoms with Crippen LogP contribution in [-0.2, 0) is 13.6 Å². The highest BCUT2D eigenvalue weighted by molar-refractivity contribution is 5.03. The van der Waals surface area contributed by atoms with Crippen molar-refractivity contribution in [1.82, 2.24) is 20.0 Å². The zero-order valence-corrected chi connectivity index (χ0v) is 11.0. The molecule has 1 aromatic heterocycles. The maximum atomic E-state index is 4.18. The van der Waals surface area contributed by atoms with Gasteiger partial charge in [0.2, 0.25) is 0 Å². The van der Waals surface area contributed by atoms with E-state index in [1.54, 1.807) is 0 Å². The van der Waals surface area contributed by atoms with E-state index in [1.807, 2.05) is 17.9 Å². The highest BCUT2D eigenvalue weighted by Gasteiger charge is 2.12. The summed E-state index contributed by atoms with van der Waals surface area (Å²) in [6.45, 7) is 6.91. The predicted octanol–water partition coefficient (Wildman–Crippen LogP) is 1.38. The summed E-state index contributed by atoms with van der Waals surface area (Å²) in [5.74, 6) is 0. The van der Waals surface area contributed by atoms with E-state index in [9.17, 15) is 0 Å². The topological polar surface area (TPSA) is 33.1 Å². The van der Waals surface area contributed by atoms with Crippen molar-refractivity contribution in [1.29, 1.82) is 0 Å². The van der Waals surface area contributed by atoms with Gasteiger partial charge in [-0.2, -0.15) is 5.10 Å². The third-order valence-electron chi connectivity index (χ3n) is 3.39. The maximum Gasteiger partial charge on any atom is 0.0534 e. The molecular weight excluding hydrogens is 212 g/mol. The Bertz CT molecular complexity index is 328. The Hall–Kier alpha value is -0.870. The minimum absolute atomic E-state index is 0.549. The first-order chi connectivity index (χ1) is 8.24. The van der Waals surface area contributed by atoms with Crippen molar-refractivity contribution in [2.75, 3.05) is 19.6 Å². The molecule has 1 N–H and O–H groups in total. The Morgan fingerprint density at radius 3 is 2.76 bits per heavy atom. The summed E-state index contributed by atoms with van der Waals surface area (Å²) in [5.41, 5.74) is 1.26. The van der Waals surface area contributed by atoms with E-state index in [0.717, 1.165) is 6.54 Å². The van der Waals surface area contributed by atoms with Crippen molar-refractivity contribution in [2.24, 2.45) is 7.05 Å². The van der Waals surface area contributed by atoms with Crippen molar-refractivity contribution >= 4 is 0 Å². The molecule has 4 heteroatoms. The van der Waals surface area contributed by atoms with Crippen molar-refractivity contribution < 1.29 is 0 Å². The van der Waals surface area contributed by atoms with Crippen LogP contribution in [0.3, 0.4) is 0 Å². The molecule has 1 fully saturated rings. The van der Waals surface area contributed by atoms with Crippen LogP contribution >= 0.6 is 0 Å². The molecular formula is C13H24N4. The summed E-state index contributed by atoms with van der Waals surface area (Å²) >= 11 is 0. The molecule has 1 aliphatic heterocycles. The molecule has 0 amide bonds. The molecule has 0 aromatic carbocycles. The van der Waals surface area contributed by atoms with Crippen LogP contribution in [0.25, 0.3) is 0 Å². The summed E-state index contributed by atoms with van der Waals surface area (Å²) in [5, 5.41) is 7.74. The Kier molecular flexibility index (Phi) is 4.57. The van der Waals surface area contributed by atoms with E-state index in [0.29, 0.717) is 6.04 Å². The standard InChI is InChI=1S/C13H24N4/c1-12(10-17-6-4-3-5-7-17)14-8-13-9-15-16(2)11-13/h9,11-12,14H,3-8,10H2,1-2H3. The highest BCUT2D eigenvalue weighted by Crippen LogP contribution is 2.08. The number of hydrogen-bond donors (Lipinski definition) is 1. The summed E-state index contributed by atoms with van der Waals surface area (Å²) in [6, 6.07) is 0.549. The van der Waals surface area contributed by atoms with Gasteiger partial charge in [0.05, 0.1) is 6.20 Å². The van der Waals surface area contributed by atoms with Crippen LogP contribution < -0.4 is 5.32 Å². The zero-order chi connectivity index (χ0) is 12.1. The molecule has 96 valence electrons. The van der Waals surface area contributed by atoms with Gasteiger partial charge in [0.15, 0.2) is 0 Å². The van der Waals surface area contributed by atoms with Gasteiger partial charge in [-0.05, 0) is 32.9 Å². The summed E-state index contributed by atoms with van der Waals surface area (Å²) in [4.78, 5) is 2.57. The zero-order valence-electron chi connectivity index (χ0n) is 11.0. The number of aromatic nitrogens is 2. The van der Waals surface area contributed by atoms with Crippen LogP contribution in [0.4, 0.5) is 0 Å². The quantitative estimate of drug-likeness (QED) is 0.838. The Labute approximate surface area is 104 Å². The normalized spacial score (nSPS) is 19.4. The molecule has 0 aliphatic carbocycles. The van der Waals surface area contributed by atoms with Gasteiger partial charge in [0.1, 0.15) is 0 Å². The first kappa shape index (κ1) is 12.6. The van der Waals surface area contributed by atoms with E-state index >= 15 is 0 Å². The first-order valence-corrected chi connectivity index (χ1v) is 6.67. The van der Waals surface area contributed by atoms with Crippen LogP contribution in [0.15, 0.2) is 12.4 Å². The SMILES string of the molecule is CC(CN1CCCCC1)NCc1cnn(C)c1. The first-order valence-electron chi connectivity index (χ1n) is 6.67. The molecule has 1 aliphatic rings. The average molecular weight is 236 g/mol. The Balaban J connectivity index is 1.68. The lowest BCUT2D eigenvalue weighted by Crippen LogP contribution is -2.41. The molecule has 0 spiro atoms. The number of nitrogens with one attached hydrogen (secondary N) is 1. The average Bonchev–Trinajstić information content (AvgIpc) is 2.74. The number of rotatable bonds is 5. The second-order valence-electron chi connectivity index (χ2n) is 5.17. The molecule has 4 nitrogen and oxygen atoms in total. The summed E-state index contributed by atoms with van der Waals surface area (Å²) in [6.07, 6.45) is 8.15. The minimum Gasteiger partial charge on any atom is -0.309 e. The molecule has 0 saturated carbocycles. The molecule has 1 aromatic rings. The Morgan fingerprint density at radius 2 is 2.12 bits per heavy atom. The number of aryl methyl sites for hydroxylation is 1. The fourth-order valence-corrected chi connectivity index (χ4v) is 2.45. The van der Waals surface area contributed by atoms with Gasteiger partial charge in [-0.3, -0.25) is 4.68 Å². The minimum atomic E-state index is 0.549. The van der Waals surface area contributed by atoms with Crippen molar-refractivity contribution in [3.05, 3.63) is 18.0 Å². The number of hydrogen-bond acceptors (Lipinski definition) is 3. The van der Waals surface area contributed by atoms with Crippen LogP contribution in [0.2, 0.25) is 0 Å². The monoisotopic (exact) mass is 236 g/mol. The molecule has 1 unspecified atom stereocenters. The van der Waals surface area contributed by atoms with E-state index in [4.69, 9.17) is 0 Å². The lowest BCUT2D eigenvalue weighted by Gasteiger charge is -2.29. The molecule has 17 heavy (non-hydrogen) atoms. The predicted molar refractivity (Wildman–Crippen MR) is 69.8 cm³/mol. The number of piperidine rings is 1. The van der Waals surface area contributed by atoms with Gasteiger partial charge in [-0.25, -0.2) is 0 Å². The summed E-state index contributed by atoms with van der Waals surface area (Å²) < 4.78 is 1.85. The Morgan fingerprint density at radius 1 is 1.35 bits per heavy atom. The summed E-state index contributed by atoms with van der Waals surface area (Å²) in [7, 11) is 1.96. The number of likely N-dealkylation sites (tertiary alicyclic amines) is 1. The van der Waals surface area contributed by atoms with Crippen molar-refractivity contribution in [3.63, 3.8) is 0 Å². The molecule has 0 bridgehead atoms. The van der Waals surface area contributed by atoms with Gasteiger partial charge in [-0.15, -0.1) is 0 Å². The lowest BCUT2D eigenvalue weighted by atomic mass is 10.1.